The third-order valence-corrected chi connectivity index (χ3v) is 3.39. The molecule has 2 aliphatic carbocycles. The highest BCUT2D eigenvalue weighted by Crippen LogP contribution is 2.40. The Balaban J connectivity index is 2.22. The molecule has 0 atom stereocenters. The minimum Gasteiger partial charge on any atom is -0.392 e. The van der Waals surface area contributed by atoms with Crippen molar-refractivity contribution in [3.05, 3.63) is 58.2 Å². The molecule has 1 aromatic carbocycles. The van der Waals surface area contributed by atoms with Crippen molar-refractivity contribution >= 4 is 17.4 Å². The molecule has 2 aliphatic rings. The van der Waals surface area contributed by atoms with Gasteiger partial charge in [0.2, 0.25) is 0 Å². The highest BCUT2D eigenvalue weighted by Gasteiger charge is 2.30. The first kappa shape index (κ1) is 11.1. The summed E-state index contributed by atoms with van der Waals surface area (Å²) in [6.07, 6.45) is 3.64. The van der Waals surface area contributed by atoms with Gasteiger partial charge in [0.05, 0.1) is 13.2 Å². The lowest BCUT2D eigenvalue weighted by molar-refractivity contribution is -0.112. The number of carbonyl (C=O) groups is 1. The van der Waals surface area contributed by atoms with Gasteiger partial charge in [-0.1, -0.05) is 24.3 Å². The van der Waals surface area contributed by atoms with Crippen molar-refractivity contribution in [2.24, 2.45) is 0 Å². The smallest absolute Gasteiger partial charge is 0.192 e. The number of ketones is 1. The summed E-state index contributed by atoms with van der Waals surface area (Å²) in [5.74, 6) is -0.185. The van der Waals surface area contributed by atoms with Gasteiger partial charge in [-0.3, -0.25) is 4.79 Å². The van der Waals surface area contributed by atoms with E-state index in [1.54, 1.807) is 6.08 Å². The number of hydrogen-bond acceptors (Lipinski definition) is 3. The quantitative estimate of drug-likeness (QED) is 0.820. The molecule has 0 spiro atoms. The van der Waals surface area contributed by atoms with Crippen molar-refractivity contribution in [2.45, 2.75) is 0 Å². The van der Waals surface area contributed by atoms with E-state index in [-0.39, 0.29) is 19.0 Å². The van der Waals surface area contributed by atoms with E-state index in [2.05, 4.69) is 0 Å². The zero-order valence-corrected chi connectivity index (χ0v) is 9.68. The SMILES string of the molecule is O=C1C2=Cc3ccccc3C2=CC(CO)=C1CO. The van der Waals surface area contributed by atoms with E-state index in [1.807, 2.05) is 30.3 Å². The second-order valence-corrected chi connectivity index (χ2v) is 4.35. The molecule has 18 heavy (non-hydrogen) atoms. The van der Waals surface area contributed by atoms with Crippen molar-refractivity contribution in [2.75, 3.05) is 13.2 Å². The lowest BCUT2D eigenvalue weighted by Crippen LogP contribution is -2.17. The molecule has 1 aromatic rings. The van der Waals surface area contributed by atoms with E-state index < -0.39 is 0 Å². The van der Waals surface area contributed by atoms with Crippen molar-refractivity contribution in [3.8, 4) is 0 Å². The Bertz CT molecular complexity index is 633. The summed E-state index contributed by atoms with van der Waals surface area (Å²) in [4.78, 5) is 12.2. The fraction of sp³-hybridized carbons (Fsp3) is 0.133. The highest BCUT2D eigenvalue weighted by atomic mass is 16.3. The molecule has 90 valence electrons. The second-order valence-electron chi connectivity index (χ2n) is 4.35. The summed E-state index contributed by atoms with van der Waals surface area (Å²) in [5.41, 5.74) is 4.26. The van der Waals surface area contributed by atoms with E-state index in [4.69, 9.17) is 0 Å². The molecular formula is C15H12O3. The normalized spacial score (nSPS) is 17.3. The topological polar surface area (TPSA) is 57.5 Å². The van der Waals surface area contributed by atoms with Gasteiger partial charge in [-0.25, -0.2) is 0 Å². The Kier molecular flexibility index (Phi) is 2.51. The van der Waals surface area contributed by atoms with Gasteiger partial charge < -0.3 is 10.2 Å². The molecule has 0 aliphatic heterocycles. The Morgan fingerprint density at radius 3 is 2.44 bits per heavy atom. The summed E-state index contributed by atoms with van der Waals surface area (Å²) in [6, 6.07) is 7.75. The van der Waals surface area contributed by atoms with Crippen LogP contribution in [0.3, 0.4) is 0 Å². The van der Waals surface area contributed by atoms with Gasteiger partial charge in [0.15, 0.2) is 5.78 Å². The molecule has 0 fully saturated rings. The number of hydrogen-bond donors (Lipinski definition) is 2. The molecule has 0 amide bonds. The van der Waals surface area contributed by atoms with E-state index in [0.29, 0.717) is 16.7 Å². The van der Waals surface area contributed by atoms with Crippen molar-refractivity contribution in [1.82, 2.24) is 0 Å². The van der Waals surface area contributed by atoms with E-state index in [1.165, 1.54) is 0 Å². The van der Waals surface area contributed by atoms with Gasteiger partial charge in [0.1, 0.15) is 0 Å². The first-order chi connectivity index (χ1) is 8.76. The van der Waals surface area contributed by atoms with Crippen LogP contribution in [0.1, 0.15) is 11.1 Å². The summed E-state index contributed by atoms with van der Waals surface area (Å²) in [6.45, 7) is -0.577. The maximum absolute atomic E-state index is 12.2. The fourth-order valence-corrected chi connectivity index (χ4v) is 2.47. The molecule has 0 saturated heterocycles. The summed E-state index contributed by atoms with van der Waals surface area (Å²) in [5, 5.41) is 18.5. The van der Waals surface area contributed by atoms with Gasteiger partial charge in [-0.2, -0.15) is 0 Å². The molecule has 0 unspecified atom stereocenters. The van der Waals surface area contributed by atoms with Gasteiger partial charge in [-0.15, -0.1) is 0 Å². The predicted octanol–water partition coefficient (Wildman–Crippen LogP) is 1.33. The van der Waals surface area contributed by atoms with E-state index in [0.717, 1.165) is 16.7 Å². The molecule has 0 radical (unpaired) electrons. The molecule has 0 aromatic heterocycles. The van der Waals surface area contributed by atoms with Crippen molar-refractivity contribution in [3.63, 3.8) is 0 Å². The molecular weight excluding hydrogens is 228 g/mol. The first-order valence-electron chi connectivity index (χ1n) is 5.78. The minimum absolute atomic E-state index is 0.185. The van der Waals surface area contributed by atoms with Crippen LogP contribution in [0.25, 0.3) is 11.6 Å². The van der Waals surface area contributed by atoms with Crippen LogP contribution < -0.4 is 0 Å². The van der Waals surface area contributed by atoms with Crippen LogP contribution in [-0.2, 0) is 4.79 Å². The maximum Gasteiger partial charge on any atom is 0.192 e. The Hall–Kier alpha value is -1.97. The highest BCUT2D eigenvalue weighted by molar-refractivity contribution is 6.26. The number of allylic oxidation sites excluding steroid dienone is 2. The van der Waals surface area contributed by atoms with Crippen LogP contribution in [-0.4, -0.2) is 29.2 Å². The maximum atomic E-state index is 12.2. The third kappa shape index (κ3) is 1.41. The zero-order chi connectivity index (χ0) is 12.7. The average Bonchev–Trinajstić information content (AvgIpc) is 2.77. The minimum atomic E-state index is -0.341. The van der Waals surface area contributed by atoms with Crippen LogP contribution in [0, 0.1) is 0 Å². The van der Waals surface area contributed by atoms with Gasteiger partial charge in [0.25, 0.3) is 0 Å². The Labute approximate surface area is 104 Å². The van der Waals surface area contributed by atoms with Crippen molar-refractivity contribution < 1.29 is 15.0 Å². The molecule has 3 nitrogen and oxygen atoms in total. The molecule has 3 rings (SSSR count). The number of aliphatic hydroxyl groups excluding tert-OH is 2. The third-order valence-electron chi connectivity index (χ3n) is 3.39. The largest absolute Gasteiger partial charge is 0.392 e. The lowest BCUT2D eigenvalue weighted by atomic mass is 9.87. The van der Waals surface area contributed by atoms with Gasteiger partial charge in [-0.05, 0) is 34.4 Å². The number of rotatable bonds is 2. The zero-order valence-electron chi connectivity index (χ0n) is 9.68. The van der Waals surface area contributed by atoms with Gasteiger partial charge in [0, 0.05) is 11.1 Å². The lowest BCUT2D eigenvalue weighted by Gasteiger charge is -2.17. The predicted molar refractivity (Wildman–Crippen MR) is 68.6 cm³/mol. The molecule has 0 heterocycles. The van der Waals surface area contributed by atoms with Crippen LogP contribution in [0.15, 0.2) is 47.1 Å². The van der Waals surface area contributed by atoms with E-state index in [9.17, 15) is 15.0 Å². The molecule has 0 bridgehead atoms. The van der Waals surface area contributed by atoms with Crippen molar-refractivity contribution in [1.29, 1.82) is 0 Å². The van der Waals surface area contributed by atoms with Crippen LogP contribution in [0.2, 0.25) is 0 Å². The second kappa shape index (κ2) is 4.05. The Morgan fingerprint density at radius 2 is 1.72 bits per heavy atom. The van der Waals surface area contributed by atoms with Crippen LogP contribution in [0.4, 0.5) is 0 Å². The monoisotopic (exact) mass is 240 g/mol. The average molecular weight is 240 g/mol. The summed E-state index contributed by atoms with van der Waals surface area (Å²) in [7, 11) is 0. The standard InChI is InChI=1S/C15H12O3/c16-7-10-6-12-11-4-2-1-3-9(11)5-13(12)15(18)14(10)8-17/h1-6,16-17H,7-8H2. The van der Waals surface area contributed by atoms with Gasteiger partial charge >= 0.3 is 0 Å². The number of Topliss-reactive ketones (excluding diaryl/α,β-unsaturated/α-hetero) is 1. The summed E-state index contributed by atoms with van der Waals surface area (Å²) < 4.78 is 0. The number of aliphatic hydroxyl groups is 2. The number of fused-ring (bicyclic) bond motifs is 3. The van der Waals surface area contributed by atoms with Crippen LogP contribution >= 0.6 is 0 Å². The summed E-state index contributed by atoms with van der Waals surface area (Å²) >= 11 is 0. The molecule has 2 N–H and O–H groups in total. The fourth-order valence-electron chi connectivity index (χ4n) is 2.47. The molecule has 0 saturated carbocycles. The number of carbonyl (C=O) groups excluding carboxylic acids is 1. The number of benzene rings is 1. The van der Waals surface area contributed by atoms with E-state index >= 15 is 0 Å². The first-order valence-corrected chi connectivity index (χ1v) is 5.78. The van der Waals surface area contributed by atoms with Crippen LogP contribution in [0.5, 0.6) is 0 Å². The molecule has 3 heteroatoms. The Morgan fingerprint density at radius 1 is 0.944 bits per heavy atom.